The molecule has 0 atom stereocenters. The Hall–Kier alpha value is -1.59. The minimum absolute atomic E-state index is 0.00155. The zero-order valence-electron chi connectivity index (χ0n) is 10.4. The molecule has 0 aromatic heterocycles. The predicted molar refractivity (Wildman–Crippen MR) is 71.4 cm³/mol. The number of nitrogens with zero attached hydrogens (tertiary/aromatic N) is 1. The maximum atomic E-state index is 11.9. The molecule has 3 N–H and O–H groups in total. The summed E-state index contributed by atoms with van der Waals surface area (Å²) in [6.07, 6.45) is 0.981. The summed E-state index contributed by atoms with van der Waals surface area (Å²) in [7, 11) is 0. The van der Waals surface area contributed by atoms with Gasteiger partial charge in [-0.1, -0.05) is 0 Å². The summed E-state index contributed by atoms with van der Waals surface area (Å²) in [5, 5.41) is 2.86. The molecular formula is C13H19N3O2. The van der Waals surface area contributed by atoms with Gasteiger partial charge in [0.1, 0.15) is 0 Å². The van der Waals surface area contributed by atoms with Crippen LogP contribution in [0.4, 0.5) is 11.4 Å². The number of benzene rings is 1. The van der Waals surface area contributed by atoms with E-state index in [1.54, 1.807) is 24.3 Å². The van der Waals surface area contributed by atoms with Crippen LogP contribution in [-0.4, -0.2) is 43.7 Å². The molecule has 1 aliphatic heterocycles. The second-order valence-electron chi connectivity index (χ2n) is 4.41. The molecule has 0 radical (unpaired) electrons. The molecule has 1 heterocycles. The first-order chi connectivity index (χ1) is 8.74. The molecule has 0 bridgehead atoms. The first-order valence-corrected chi connectivity index (χ1v) is 6.19. The number of nitrogen functional groups attached to an aromatic ring is 1. The second-order valence-corrected chi connectivity index (χ2v) is 4.41. The minimum atomic E-state index is 0.00155. The Balaban J connectivity index is 1.82. The lowest BCUT2D eigenvalue weighted by molar-refractivity contribution is -0.117. The average Bonchev–Trinajstić information content (AvgIpc) is 2.61. The van der Waals surface area contributed by atoms with E-state index in [-0.39, 0.29) is 5.91 Å². The molecule has 1 aliphatic rings. The van der Waals surface area contributed by atoms with E-state index in [4.69, 9.17) is 10.5 Å². The molecule has 1 fully saturated rings. The van der Waals surface area contributed by atoms with Crippen molar-refractivity contribution in [1.82, 2.24) is 4.90 Å². The van der Waals surface area contributed by atoms with Crippen molar-refractivity contribution in [2.24, 2.45) is 0 Å². The fourth-order valence-electron chi connectivity index (χ4n) is 1.93. The van der Waals surface area contributed by atoms with Crippen molar-refractivity contribution in [2.45, 2.75) is 6.42 Å². The molecule has 2 rings (SSSR count). The summed E-state index contributed by atoms with van der Waals surface area (Å²) in [6, 6.07) is 7.16. The Morgan fingerprint density at radius 1 is 1.28 bits per heavy atom. The van der Waals surface area contributed by atoms with Crippen LogP contribution in [0.3, 0.4) is 0 Å². The Kier molecular flexibility index (Phi) is 4.55. The standard InChI is InChI=1S/C13H19N3O2/c14-11-2-4-12(5-3-11)15-13(17)10-16-6-1-8-18-9-7-16/h2-5H,1,6-10,14H2,(H,15,17). The van der Waals surface area contributed by atoms with Gasteiger partial charge in [0.15, 0.2) is 0 Å². The molecular weight excluding hydrogens is 230 g/mol. The van der Waals surface area contributed by atoms with Crippen LogP contribution in [0.5, 0.6) is 0 Å². The summed E-state index contributed by atoms with van der Waals surface area (Å²) in [6.45, 7) is 3.63. The van der Waals surface area contributed by atoms with Crippen molar-refractivity contribution < 1.29 is 9.53 Å². The SMILES string of the molecule is Nc1ccc(NC(=O)CN2CCCOCC2)cc1. The number of carbonyl (C=O) groups excluding carboxylic acids is 1. The highest BCUT2D eigenvalue weighted by molar-refractivity contribution is 5.92. The van der Waals surface area contributed by atoms with Gasteiger partial charge < -0.3 is 15.8 Å². The molecule has 0 unspecified atom stereocenters. The molecule has 1 saturated heterocycles. The van der Waals surface area contributed by atoms with Crippen LogP contribution in [0.15, 0.2) is 24.3 Å². The molecule has 5 heteroatoms. The van der Waals surface area contributed by atoms with Gasteiger partial charge in [0.05, 0.1) is 13.2 Å². The average molecular weight is 249 g/mol. The lowest BCUT2D eigenvalue weighted by atomic mass is 10.3. The topological polar surface area (TPSA) is 67.6 Å². The second kappa shape index (κ2) is 6.37. The largest absolute Gasteiger partial charge is 0.399 e. The van der Waals surface area contributed by atoms with E-state index in [0.29, 0.717) is 18.8 Å². The van der Waals surface area contributed by atoms with E-state index in [1.165, 1.54) is 0 Å². The van der Waals surface area contributed by atoms with Crippen molar-refractivity contribution in [1.29, 1.82) is 0 Å². The first kappa shape index (κ1) is 12.9. The quantitative estimate of drug-likeness (QED) is 0.782. The summed E-state index contributed by atoms with van der Waals surface area (Å²) in [4.78, 5) is 14.0. The lowest BCUT2D eigenvalue weighted by Gasteiger charge is -2.18. The molecule has 1 aromatic carbocycles. The smallest absolute Gasteiger partial charge is 0.238 e. The monoisotopic (exact) mass is 249 g/mol. The fourth-order valence-corrected chi connectivity index (χ4v) is 1.93. The summed E-state index contributed by atoms with van der Waals surface area (Å²) < 4.78 is 5.35. The number of nitrogens with one attached hydrogen (secondary N) is 1. The Bertz CT molecular complexity index is 384. The van der Waals surface area contributed by atoms with Crippen molar-refractivity contribution in [3.8, 4) is 0 Å². The van der Waals surface area contributed by atoms with E-state index in [0.717, 1.165) is 31.8 Å². The Labute approximate surface area is 107 Å². The van der Waals surface area contributed by atoms with Gasteiger partial charge in [0.25, 0.3) is 0 Å². The molecule has 0 spiro atoms. The van der Waals surface area contributed by atoms with Gasteiger partial charge in [-0.2, -0.15) is 0 Å². The van der Waals surface area contributed by atoms with Crippen molar-refractivity contribution >= 4 is 17.3 Å². The fraction of sp³-hybridized carbons (Fsp3) is 0.462. The van der Waals surface area contributed by atoms with Crippen LogP contribution >= 0.6 is 0 Å². The molecule has 18 heavy (non-hydrogen) atoms. The van der Waals surface area contributed by atoms with Crippen molar-refractivity contribution in [3.05, 3.63) is 24.3 Å². The van der Waals surface area contributed by atoms with E-state index in [1.807, 2.05) is 0 Å². The number of anilines is 2. The molecule has 0 aliphatic carbocycles. The maximum Gasteiger partial charge on any atom is 0.238 e. The van der Waals surface area contributed by atoms with Crippen LogP contribution < -0.4 is 11.1 Å². The number of hydrogen-bond acceptors (Lipinski definition) is 4. The van der Waals surface area contributed by atoms with Crippen LogP contribution in [-0.2, 0) is 9.53 Å². The molecule has 98 valence electrons. The van der Waals surface area contributed by atoms with Crippen molar-refractivity contribution in [2.75, 3.05) is 43.9 Å². The number of rotatable bonds is 3. The highest BCUT2D eigenvalue weighted by Crippen LogP contribution is 2.10. The third-order valence-electron chi connectivity index (χ3n) is 2.88. The number of amides is 1. The van der Waals surface area contributed by atoms with Gasteiger partial charge in [-0.15, -0.1) is 0 Å². The van der Waals surface area contributed by atoms with E-state index in [9.17, 15) is 4.79 Å². The van der Waals surface area contributed by atoms with Crippen molar-refractivity contribution in [3.63, 3.8) is 0 Å². The maximum absolute atomic E-state index is 11.9. The molecule has 0 saturated carbocycles. The Morgan fingerprint density at radius 2 is 2.06 bits per heavy atom. The van der Waals surface area contributed by atoms with Crippen LogP contribution in [0, 0.1) is 0 Å². The Morgan fingerprint density at radius 3 is 2.83 bits per heavy atom. The number of nitrogens with two attached hydrogens (primary N) is 1. The zero-order chi connectivity index (χ0) is 12.8. The summed E-state index contributed by atoms with van der Waals surface area (Å²) >= 11 is 0. The third-order valence-corrected chi connectivity index (χ3v) is 2.88. The molecule has 1 aromatic rings. The lowest BCUT2D eigenvalue weighted by Crippen LogP contribution is -2.34. The third kappa shape index (κ3) is 4.01. The number of hydrogen-bond donors (Lipinski definition) is 2. The highest BCUT2D eigenvalue weighted by Gasteiger charge is 2.13. The minimum Gasteiger partial charge on any atom is -0.399 e. The van der Waals surface area contributed by atoms with Crippen LogP contribution in [0.2, 0.25) is 0 Å². The summed E-state index contributed by atoms with van der Waals surface area (Å²) in [5.41, 5.74) is 7.06. The number of carbonyl (C=O) groups is 1. The molecule has 5 nitrogen and oxygen atoms in total. The van der Waals surface area contributed by atoms with Gasteiger partial charge in [-0.05, 0) is 30.7 Å². The van der Waals surface area contributed by atoms with Gasteiger partial charge in [0.2, 0.25) is 5.91 Å². The summed E-state index contributed by atoms with van der Waals surface area (Å²) in [5.74, 6) is 0.00155. The number of ether oxygens (including phenoxy) is 1. The van der Waals surface area contributed by atoms with Crippen LogP contribution in [0.25, 0.3) is 0 Å². The normalized spacial score (nSPS) is 17.1. The van der Waals surface area contributed by atoms with E-state index >= 15 is 0 Å². The van der Waals surface area contributed by atoms with E-state index < -0.39 is 0 Å². The van der Waals surface area contributed by atoms with Crippen LogP contribution in [0.1, 0.15) is 6.42 Å². The zero-order valence-corrected chi connectivity index (χ0v) is 10.4. The molecule has 1 amide bonds. The van der Waals surface area contributed by atoms with Gasteiger partial charge in [-0.25, -0.2) is 0 Å². The first-order valence-electron chi connectivity index (χ1n) is 6.19. The van der Waals surface area contributed by atoms with Gasteiger partial charge in [0, 0.05) is 31.1 Å². The predicted octanol–water partition coefficient (Wildman–Crippen LogP) is 0.930. The van der Waals surface area contributed by atoms with E-state index in [2.05, 4.69) is 10.2 Å². The highest BCUT2D eigenvalue weighted by atomic mass is 16.5. The van der Waals surface area contributed by atoms with Gasteiger partial charge >= 0.3 is 0 Å². The van der Waals surface area contributed by atoms with Gasteiger partial charge in [-0.3, -0.25) is 9.69 Å².